The van der Waals surface area contributed by atoms with Gasteiger partial charge in [0, 0.05) is 13.0 Å². The number of methoxy groups -OCH3 is 1. The number of nitrogens with zero attached hydrogens (tertiary/aromatic N) is 1. The van der Waals surface area contributed by atoms with Gasteiger partial charge in [0.1, 0.15) is 11.9 Å². The van der Waals surface area contributed by atoms with Gasteiger partial charge in [-0.2, -0.15) is 8.78 Å². The molecule has 1 aliphatic heterocycles. The number of nitrogens with one attached hydrogen (secondary N) is 2. The first-order valence-corrected chi connectivity index (χ1v) is 9.47. The van der Waals surface area contributed by atoms with Gasteiger partial charge in [0.25, 0.3) is 0 Å². The van der Waals surface area contributed by atoms with Gasteiger partial charge in [-0.25, -0.2) is 4.99 Å². The van der Waals surface area contributed by atoms with E-state index in [-0.39, 0.29) is 17.6 Å². The molecule has 3 rings (SSSR count). The van der Waals surface area contributed by atoms with Gasteiger partial charge < -0.3 is 24.8 Å². The maximum Gasteiger partial charge on any atom is 0.387 e. The highest BCUT2D eigenvalue weighted by Crippen LogP contribution is 2.30. The molecule has 1 aliphatic rings. The highest BCUT2D eigenvalue weighted by atomic mass is 19.3. The Labute approximate surface area is 168 Å². The molecular formula is C21H25F2N3O3. The van der Waals surface area contributed by atoms with Crippen molar-refractivity contribution in [1.82, 2.24) is 10.6 Å². The van der Waals surface area contributed by atoms with Crippen LogP contribution in [-0.4, -0.2) is 38.9 Å². The predicted octanol–water partition coefficient (Wildman–Crippen LogP) is 3.36. The molecule has 2 N–H and O–H groups in total. The Bertz CT molecular complexity index is 821. The van der Waals surface area contributed by atoms with Crippen LogP contribution in [0.3, 0.4) is 0 Å². The molecular weight excluding hydrogens is 380 g/mol. The van der Waals surface area contributed by atoms with E-state index in [9.17, 15) is 8.78 Å². The van der Waals surface area contributed by atoms with Crippen molar-refractivity contribution in [2.45, 2.75) is 32.6 Å². The number of guanidine groups is 1. The van der Waals surface area contributed by atoms with E-state index in [0.29, 0.717) is 25.6 Å². The van der Waals surface area contributed by atoms with Crippen molar-refractivity contribution in [3.63, 3.8) is 0 Å². The molecule has 6 nitrogen and oxygen atoms in total. The number of rotatable bonds is 8. The predicted molar refractivity (Wildman–Crippen MR) is 107 cm³/mol. The molecule has 0 saturated carbocycles. The van der Waals surface area contributed by atoms with Crippen molar-refractivity contribution in [1.29, 1.82) is 0 Å². The van der Waals surface area contributed by atoms with Crippen molar-refractivity contribution >= 4 is 5.96 Å². The Morgan fingerprint density at radius 2 is 2.03 bits per heavy atom. The minimum absolute atomic E-state index is 0.00900. The zero-order valence-corrected chi connectivity index (χ0v) is 16.5. The van der Waals surface area contributed by atoms with Crippen LogP contribution < -0.4 is 24.8 Å². The van der Waals surface area contributed by atoms with Crippen LogP contribution in [0.25, 0.3) is 0 Å². The molecule has 1 heterocycles. The van der Waals surface area contributed by atoms with Gasteiger partial charge >= 0.3 is 6.61 Å². The van der Waals surface area contributed by atoms with Crippen molar-refractivity contribution in [3.8, 4) is 17.2 Å². The molecule has 0 bridgehead atoms. The summed E-state index contributed by atoms with van der Waals surface area (Å²) in [5, 5.41) is 6.45. The monoisotopic (exact) mass is 405 g/mol. The largest absolute Gasteiger partial charge is 0.493 e. The normalized spacial score (nSPS) is 15.6. The van der Waals surface area contributed by atoms with Gasteiger partial charge in [0.05, 0.1) is 20.2 Å². The zero-order valence-electron chi connectivity index (χ0n) is 16.5. The van der Waals surface area contributed by atoms with E-state index < -0.39 is 6.61 Å². The summed E-state index contributed by atoms with van der Waals surface area (Å²) >= 11 is 0. The van der Waals surface area contributed by atoms with E-state index >= 15 is 0 Å². The Kier molecular flexibility index (Phi) is 7.10. The Morgan fingerprint density at radius 1 is 1.21 bits per heavy atom. The van der Waals surface area contributed by atoms with Crippen LogP contribution in [0.1, 0.15) is 18.1 Å². The number of fused-ring (bicyclic) bond motifs is 1. The number of halogens is 2. The summed E-state index contributed by atoms with van der Waals surface area (Å²) in [5.41, 5.74) is 1.93. The van der Waals surface area contributed by atoms with E-state index in [0.717, 1.165) is 17.7 Å². The van der Waals surface area contributed by atoms with Crippen molar-refractivity contribution in [3.05, 3.63) is 53.6 Å². The van der Waals surface area contributed by atoms with Gasteiger partial charge in [0.2, 0.25) is 0 Å². The first-order valence-electron chi connectivity index (χ1n) is 9.47. The second-order valence-electron chi connectivity index (χ2n) is 6.49. The number of hydrogen-bond donors (Lipinski definition) is 2. The average Bonchev–Trinajstić information content (AvgIpc) is 3.13. The molecule has 0 aliphatic carbocycles. The van der Waals surface area contributed by atoms with E-state index in [1.807, 2.05) is 25.1 Å². The zero-order chi connectivity index (χ0) is 20.6. The van der Waals surface area contributed by atoms with Gasteiger partial charge in [0.15, 0.2) is 17.5 Å². The lowest BCUT2D eigenvalue weighted by atomic mass is 10.1. The summed E-state index contributed by atoms with van der Waals surface area (Å²) in [6.07, 6.45) is 0.873. The van der Waals surface area contributed by atoms with Gasteiger partial charge in [-0.15, -0.1) is 0 Å². The third kappa shape index (κ3) is 5.73. The number of ether oxygens (including phenoxy) is 3. The molecule has 2 aromatic rings. The number of benzene rings is 2. The van der Waals surface area contributed by atoms with Gasteiger partial charge in [-0.05, 0) is 36.2 Å². The Morgan fingerprint density at radius 3 is 2.76 bits per heavy atom. The Balaban J connectivity index is 1.60. The molecule has 0 aromatic heterocycles. The second kappa shape index (κ2) is 9.95. The number of aliphatic imine (C=N–C) groups is 1. The van der Waals surface area contributed by atoms with E-state index in [2.05, 4.69) is 26.4 Å². The summed E-state index contributed by atoms with van der Waals surface area (Å²) < 4.78 is 40.7. The fourth-order valence-corrected chi connectivity index (χ4v) is 3.10. The highest BCUT2D eigenvalue weighted by molar-refractivity contribution is 5.79. The topological polar surface area (TPSA) is 64.1 Å². The van der Waals surface area contributed by atoms with Crippen LogP contribution in [0.15, 0.2) is 47.5 Å². The third-order valence-electron chi connectivity index (χ3n) is 4.42. The minimum atomic E-state index is -2.92. The molecule has 0 fully saturated rings. The molecule has 156 valence electrons. The number of hydrogen-bond acceptors (Lipinski definition) is 4. The van der Waals surface area contributed by atoms with Crippen LogP contribution in [-0.2, 0) is 13.0 Å². The third-order valence-corrected chi connectivity index (χ3v) is 4.42. The van der Waals surface area contributed by atoms with E-state index in [1.54, 1.807) is 12.1 Å². The molecule has 0 radical (unpaired) electrons. The molecule has 1 atom stereocenters. The van der Waals surface area contributed by atoms with E-state index in [4.69, 9.17) is 9.47 Å². The molecule has 8 heteroatoms. The van der Waals surface area contributed by atoms with Crippen LogP contribution in [0.4, 0.5) is 8.78 Å². The van der Waals surface area contributed by atoms with Gasteiger partial charge in [-0.1, -0.05) is 24.3 Å². The maximum absolute atomic E-state index is 12.6. The summed E-state index contributed by atoms with van der Waals surface area (Å²) in [5.74, 6) is 1.79. The number of para-hydroxylation sites is 1. The SMILES string of the molecule is CCNC(=NCc1ccc(OC)c(OC(F)F)c1)NCC1Cc2ccccc2O1. The molecule has 2 aromatic carbocycles. The molecule has 0 spiro atoms. The van der Waals surface area contributed by atoms with Crippen LogP contribution >= 0.6 is 0 Å². The van der Waals surface area contributed by atoms with Crippen molar-refractivity contribution < 1.29 is 23.0 Å². The first kappa shape index (κ1) is 20.7. The quantitative estimate of drug-likeness (QED) is 0.521. The first-order chi connectivity index (χ1) is 14.1. The summed E-state index contributed by atoms with van der Waals surface area (Å²) in [6, 6.07) is 12.9. The van der Waals surface area contributed by atoms with Crippen LogP contribution in [0.2, 0.25) is 0 Å². The fraction of sp³-hybridized carbons (Fsp3) is 0.381. The summed E-state index contributed by atoms with van der Waals surface area (Å²) in [7, 11) is 1.40. The Hall–Kier alpha value is -3.03. The molecule has 0 amide bonds. The number of alkyl halides is 2. The molecule has 1 unspecified atom stereocenters. The second-order valence-corrected chi connectivity index (χ2v) is 6.49. The summed E-state index contributed by atoms with van der Waals surface area (Å²) in [6.45, 7) is 0.645. The van der Waals surface area contributed by atoms with Gasteiger partial charge in [-0.3, -0.25) is 0 Å². The molecule has 0 saturated heterocycles. The van der Waals surface area contributed by atoms with E-state index in [1.165, 1.54) is 18.7 Å². The van der Waals surface area contributed by atoms with Crippen molar-refractivity contribution in [2.75, 3.05) is 20.2 Å². The van der Waals surface area contributed by atoms with Crippen molar-refractivity contribution in [2.24, 2.45) is 4.99 Å². The lowest BCUT2D eigenvalue weighted by molar-refractivity contribution is -0.0512. The average molecular weight is 405 g/mol. The maximum atomic E-state index is 12.6. The van der Waals surface area contributed by atoms with Crippen LogP contribution in [0.5, 0.6) is 17.2 Å². The highest BCUT2D eigenvalue weighted by Gasteiger charge is 2.22. The fourth-order valence-electron chi connectivity index (χ4n) is 3.10. The molecule has 29 heavy (non-hydrogen) atoms. The lowest BCUT2D eigenvalue weighted by Crippen LogP contribution is -2.42. The lowest BCUT2D eigenvalue weighted by Gasteiger charge is -2.15. The van der Waals surface area contributed by atoms with Crippen LogP contribution in [0, 0.1) is 0 Å². The minimum Gasteiger partial charge on any atom is -0.493 e. The standard InChI is InChI=1S/C21H25F2N3O3/c1-3-24-21(26-13-16-11-15-6-4-5-7-17(15)28-16)25-12-14-8-9-18(27-2)19(10-14)29-20(22)23/h4-10,16,20H,3,11-13H2,1-2H3,(H2,24,25,26). The smallest absolute Gasteiger partial charge is 0.387 e. The summed E-state index contributed by atoms with van der Waals surface area (Å²) in [4.78, 5) is 4.52.